The summed E-state index contributed by atoms with van der Waals surface area (Å²) in [4.78, 5) is 70.4. The second kappa shape index (κ2) is 24.4. The van der Waals surface area contributed by atoms with Crippen LogP contribution in [0.15, 0.2) is 60.7 Å². The predicted octanol–water partition coefficient (Wildman–Crippen LogP) is 5.95. The van der Waals surface area contributed by atoms with Gasteiger partial charge in [-0.25, -0.2) is 34.1 Å². The maximum Gasteiger partial charge on any atom is 0.407 e. The van der Waals surface area contributed by atoms with Gasteiger partial charge in [-0.05, 0) is 133 Å². The van der Waals surface area contributed by atoms with Gasteiger partial charge in [0.1, 0.15) is 28.4 Å². The molecule has 0 aliphatic carbocycles. The highest BCUT2D eigenvalue weighted by molar-refractivity contribution is 14.1. The van der Waals surface area contributed by atoms with Gasteiger partial charge in [-0.3, -0.25) is 14.7 Å². The van der Waals surface area contributed by atoms with Crippen LogP contribution in [0.4, 0.5) is 4.79 Å². The Bertz CT molecular complexity index is 2250. The van der Waals surface area contributed by atoms with Crippen molar-refractivity contribution in [3.8, 4) is 17.6 Å². The van der Waals surface area contributed by atoms with E-state index < -0.39 is 29.6 Å². The summed E-state index contributed by atoms with van der Waals surface area (Å²) >= 11 is 4.36. The topological polar surface area (TPSA) is 175 Å². The molecule has 64 heavy (non-hydrogen) atoms. The number of amides is 1. The lowest BCUT2D eigenvalue weighted by atomic mass is 10.1. The number of carbonyl (C=O) groups is 4. The monoisotopic (exact) mass is 1100 g/mol. The molecule has 1 aromatic carbocycles. The molecule has 1 N–H and O–H groups in total. The number of esters is 3. The largest absolute Gasteiger partial charge is 0.494 e. The number of benzene rings is 1. The second-order valence-electron chi connectivity index (χ2n) is 15.8. The molecule has 4 heterocycles. The first-order valence-electron chi connectivity index (χ1n) is 20.6. The number of alkyl carbamates (subject to hydrolysis) is 1. The predicted molar refractivity (Wildman–Crippen MR) is 255 cm³/mol. The van der Waals surface area contributed by atoms with Gasteiger partial charge in [-0.1, -0.05) is 11.8 Å². The van der Waals surface area contributed by atoms with Gasteiger partial charge < -0.3 is 29.0 Å². The minimum Gasteiger partial charge on any atom is -0.494 e. The molecule has 0 bridgehead atoms. The molecule has 0 unspecified atom stereocenters. The quantitative estimate of drug-likeness (QED) is 0.0515. The van der Waals surface area contributed by atoms with Crippen LogP contribution >= 0.6 is 45.2 Å². The van der Waals surface area contributed by atoms with Gasteiger partial charge in [0.15, 0.2) is 0 Å². The zero-order chi connectivity index (χ0) is 46.2. The maximum absolute atomic E-state index is 12.9. The van der Waals surface area contributed by atoms with Crippen molar-refractivity contribution in [3.63, 3.8) is 0 Å². The normalized spacial score (nSPS) is 13.9. The number of rotatable bonds is 14. The SMILES string of the molecule is COC(=O)c1cc(I)cc(CN2CCN(Cc3cc(I)cc(C(=O)OC)n3)CCN(Cc3cc(C#Cc4ccc(OCCCNC(=O)OC(C)(C)C)cc4)cc(C(=O)OC)n3)CC2)n1. The van der Waals surface area contributed by atoms with Crippen LogP contribution in [0.1, 0.15) is 86.9 Å². The highest BCUT2D eigenvalue weighted by Crippen LogP contribution is 2.18. The molecular formula is C46H53I2N7O9. The summed E-state index contributed by atoms with van der Waals surface area (Å²) in [6.45, 7) is 11.7. The van der Waals surface area contributed by atoms with Crippen molar-refractivity contribution in [2.24, 2.45) is 0 Å². The molecule has 16 nitrogen and oxygen atoms in total. The Morgan fingerprint density at radius 1 is 0.625 bits per heavy atom. The molecule has 1 aliphatic rings. The Kier molecular flexibility index (Phi) is 19.1. The molecule has 18 heteroatoms. The van der Waals surface area contributed by atoms with Gasteiger partial charge in [-0.15, -0.1) is 0 Å². The fraction of sp³-hybridized carbons (Fsp3) is 0.413. The highest BCUT2D eigenvalue weighted by Gasteiger charge is 2.22. The molecule has 0 saturated carbocycles. The van der Waals surface area contributed by atoms with E-state index in [1.807, 2.05) is 63.2 Å². The summed E-state index contributed by atoms with van der Waals surface area (Å²) in [6.07, 6.45) is 0.146. The van der Waals surface area contributed by atoms with E-state index in [0.717, 1.165) is 24.1 Å². The van der Waals surface area contributed by atoms with Crippen LogP contribution < -0.4 is 10.1 Å². The van der Waals surface area contributed by atoms with Crippen molar-refractivity contribution in [1.82, 2.24) is 35.0 Å². The van der Waals surface area contributed by atoms with E-state index in [0.29, 0.717) is 95.5 Å². The third-order valence-electron chi connectivity index (χ3n) is 9.57. The Labute approximate surface area is 401 Å². The molecule has 340 valence electrons. The van der Waals surface area contributed by atoms with Gasteiger partial charge in [0.25, 0.3) is 0 Å². The Morgan fingerprint density at radius 2 is 1.05 bits per heavy atom. The number of nitrogens with one attached hydrogen (secondary N) is 1. The number of ether oxygens (including phenoxy) is 5. The zero-order valence-corrected chi connectivity index (χ0v) is 41.2. The Morgan fingerprint density at radius 3 is 1.48 bits per heavy atom. The molecule has 4 aromatic rings. The summed E-state index contributed by atoms with van der Waals surface area (Å²) < 4.78 is 27.8. The van der Waals surface area contributed by atoms with E-state index in [4.69, 9.17) is 28.7 Å². The van der Waals surface area contributed by atoms with Crippen molar-refractivity contribution in [2.45, 2.75) is 52.4 Å². The average molecular weight is 1100 g/mol. The number of pyridine rings is 3. The third kappa shape index (κ3) is 16.6. The maximum atomic E-state index is 12.9. The van der Waals surface area contributed by atoms with E-state index in [9.17, 15) is 19.2 Å². The second-order valence-corrected chi connectivity index (χ2v) is 18.3. The standard InChI is InChI=1S/C46H53I2N7O9/c1-46(2,3)64-45(59)49-14-7-21-63-38-12-10-31(11-13-38)8-9-32-22-35(50-39(23-32)42(56)60-4)28-53-15-17-54(29-36-24-33(47)26-40(51-36)43(57)61-5)19-20-55(18-16-53)30-37-25-34(48)27-41(52-37)44(58)62-6/h10-13,22-27H,7,14-21,28-30H2,1-6H3,(H,49,59). The molecule has 0 spiro atoms. The van der Waals surface area contributed by atoms with Gasteiger partial charge in [-0.2, -0.15) is 0 Å². The number of aromatic nitrogens is 3. The Hall–Kier alpha value is -4.95. The summed E-state index contributed by atoms with van der Waals surface area (Å²) in [7, 11) is 4.00. The molecule has 3 aromatic heterocycles. The number of hydrogen-bond donors (Lipinski definition) is 1. The average Bonchev–Trinajstić information content (AvgIpc) is 3.34. The van der Waals surface area contributed by atoms with Crippen molar-refractivity contribution in [3.05, 3.63) is 113 Å². The van der Waals surface area contributed by atoms with E-state index >= 15 is 0 Å². The number of methoxy groups -OCH3 is 3. The molecule has 1 fully saturated rings. The first-order valence-corrected chi connectivity index (χ1v) is 22.7. The molecule has 1 amide bonds. The van der Waals surface area contributed by atoms with Gasteiger partial charge in [0.2, 0.25) is 0 Å². The van der Waals surface area contributed by atoms with Crippen molar-refractivity contribution in [2.75, 3.05) is 73.7 Å². The molecule has 1 aliphatic heterocycles. The summed E-state index contributed by atoms with van der Waals surface area (Å²) in [5.41, 5.74) is 3.60. The van der Waals surface area contributed by atoms with E-state index in [1.54, 1.807) is 18.2 Å². The Balaban J connectivity index is 1.32. The first-order chi connectivity index (χ1) is 30.6. The molecule has 5 rings (SSSR count). The van der Waals surface area contributed by atoms with Crippen molar-refractivity contribution in [1.29, 1.82) is 0 Å². The van der Waals surface area contributed by atoms with Crippen LogP contribution in [0.5, 0.6) is 5.75 Å². The van der Waals surface area contributed by atoms with E-state index in [2.05, 4.69) is 87.0 Å². The third-order valence-corrected chi connectivity index (χ3v) is 10.8. The van der Waals surface area contributed by atoms with Crippen LogP contribution in [-0.4, -0.2) is 133 Å². The van der Waals surface area contributed by atoms with Crippen LogP contribution in [0, 0.1) is 19.0 Å². The minimum absolute atomic E-state index is 0.152. The summed E-state index contributed by atoms with van der Waals surface area (Å²) in [5, 5.41) is 2.72. The van der Waals surface area contributed by atoms with Crippen LogP contribution in [0.3, 0.4) is 0 Å². The lowest BCUT2D eigenvalue weighted by Gasteiger charge is -2.25. The molecule has 0 atom stereocenters. The highest BCUT2D eigenvalue weighted by atomic mass is 127. The fourth-order valence-electron chi connectivity index (χ4n) is 6.52. The van der Waals surface area contributed by atoms with E-state index in [-0.39, 0.29) is 17.1 Å². The number of carbonyl (C=O) groups excluding carboxylic acids is 4. The van der Waals surface area contributed by atoms with Crippen LogP contribution in [0.25, 0.3) is 0 Å². The number of halogens is 2. The minimum atomic E-state index is -0.567. The van der Waals surface area contributed by atoms with Gasteiger partial charge >= 0.3 is 24.0 Å². The van der Waals surface area contributed by atoms with E-state index in [1.165, 1.54) is 21.3 Å². The smallest absolute Gasteiger partial charge is 0.407 e. The van der Waals surface area contributed by atoms with Crippen molar-refractivity contribution >= 4 is 69.2 Å². The lowest BCUT2D eigenvalue weighted by molar-refractivity contribution is 0.0522. The molecule has 1 saturated heterocycles. The lowest BCUT2D eigenvalue weighted by Crippen LogP contribution is -2.36. The number of hydrogen-bond acceptors (Lipinski definition) is 15. The number of nitrogens with zero attached hydrogens (tertiary/aromatic N) is 6. The summed E-state index contributed by atoms with van der Waals surface area (Å²) in [6, 6.07) is 18.2. The fourth-order valence-corrected chi connectivity index (χ4v) is 7.83. The van der Waals surface area contributed by atoms with Gasteiger partial charge in [0.05, 0.1) is 45.0 Å². The van der Waals surface area contributed by atoms with Crippen LogP contribution in [0.2, 0.25) is 0 Å². The van der Waals surface area contributed by atoms with Crippen molar-refractivity contribution < 1.29 is 42.9 Å². The zero-order valence-electron chi connectivity index (χ0n) is 36.9. The van der Waals surface area contributed by atoms with Gasteiger partial charge in [0, 0.05) is 83.7 Å². The molecular weight excluding hydrogens is 1050 g/mol. The summed E-state index contributed by atoms with van der Waals surface area (Å²) in [5.74, 6) is 5.50. The first kappa shape index (κ1) is 50.1. The van der Waals surface area contributed by atoms with Crippen LogP contribution in [-0.2, 0) is 38.6 Å². The molecule has 0 radical (unpaired) electrons.